The zero-order valence-corrected chi connectivity index (χ0v) is 21.7. The fourth-order valence-corrected chi connectivity index (χ4v) is 8.82. The van der Waals surface area contributed by atoms with E-state index in [1.54, 1.807) is 11.6 Å². The van der Waals surface area contributed by atoms with Gasteiger partial charge in [-0.25, -0.2) is 4.79 Å². The second-order valence-corrected chi connectivity index (χ2v) is 13.0. The number of carbonyl (C=O) groups excluding carboxylic acids is 1. The number of hydrogen-bond acceptors (Lipinski definition) is 3. The zero-order valence-electron chi connectivity index (χ0n) is 21.7. The van der Waals surface area contributed by atoms with Crippen LogP contribution in [0.25, 0.3) is 0 Å². The normalized spacial score (nSPS) is 39.4. The molecule has 4 heteroatoms. The molecule has 1 heterocycles. The highest BCUT2D eigenvalue weighted by Gasteiger charge is 2.63. The van der Waals surface area contributed by atoms with E-state index < -0.39 is 5.97 Å². The number of fused-ring (bicyclic) bond motifs is 5. The molecule has 4 aliphatic rings. The molecule has 0 unspecified atom stereocenters. The molecule has 34 heavy (non-hydrogen) atoms. The SMILES string of the molecule is C[C@H](Cc1cc(C(=O)O)co1)[C@H]1CC[C@@]2(C)C3=CC[C@H]4C(C)(C)C(=O)CC[C@]4(C)C3=CC[C@]12C. The monoisotopic (exact) mass is 464 g/mol. The topological polar surface area (TPSA) is 67.5 Å². The van der Waals surface area contributed by atoms with Crippen molar-refractivity contribution in [2.24, 2.45) is 39.4 Å². The highest BCUT2D eigenvalue weighted by atomic mass is 16.4. The summed E-state index contributed by atoms with van der Waals surface area (Å²) in [4.78, 5) is 24.1. The number of furan rings is 1. The first kappa shape index (κ1) is 23.6. The predicted octanol–water partition coefficient (Wildman–Crippen LogP) is 7.25. The maximum absolute atomic E-state index is 12.8. The van der Waals surface area contributed by atoms with Crippen molar-refractivity contribution >= 4 is 11.8 Å². The Bertz CT molecular complexity index is 1100. The smallest absolute Gasteiger partial charge is 0.338 e. The largest absolute Gasteiger partial charge is 0.478 e. The van der Waals surface area contributed by atoms with Crippen LogP contribution in [0.15, 0.2) is 40.0 Å². The number of carboxylic acid groups (broad SMARTS) is 1. The first-order valence-corrected chi connectivity index (χ1v) is 13.1. The average molecular weight is 465 g/mol. The third-order valence-corrected chi connectivity index (χ3v) is 11.2. The number of rotatable bonds is 4. The first-order chi connectivity index (χ1) is 15.8. The van der Waals surface area contributed by atoms with E-state index in [4.69, 9.17) is 4.42 Å². The predicted molar refractivity (Wildman–Crippen MR) is 132 cm³/mol. The van der Waals surface area contributed by atoms with Crippen molar-refractivity contribution < 1.29 is 19.1 Å². The van der Waals surface area contributed by atoms with Gasteiger partial charge in [-0.1, -0.05) is 53.7 Å². The van der Waals surface area contributed by atoms with E-state index in [0.717, 1.165) is 31.4 Å². The van der Waals surface area contributed by atoms with Crippen molar-refractivity contribution in [3.8, 4) is 0 Å². The molecule has 2 fully saturated rings. The van der Waals surface area contributed by atoms with Crippen LogP contribution in [0.4, 0.5) is 0 Å². The molecule has 6 atom stereocenters. The minimum atomic E-state index is -0.934. The maximum atomic E-state index is 12.8. The van der Waals surface area contributed by atoms with Gasteiger partial charge in [0.25, 0.3) is 0 Å². The lowest BCUT2D eigenvalue weighted by atomic mass is 9.44. The number of ketones is 1. The molecule has 0 amide bonds. The van der Waals surface area contributed by atoms with Gasteiger partial charge < -0.3 is 9.52 Å². The fraction of sp³-hybridized carbons (Fsp3) is 0.667. The summed E-state index contributed by atoms with van der Waals surface area (Å²) in [7, 11) is 0. The molecule has 5 rings (SSSR count). The molecular formula is C30H40O4. The van der Waals surface area contributed by atoms with E-state index in [2.05, 4.69) is 53.7 Å². The van der Waals surface area contributed by atoms with Crippen LogP contribution in [0.3, 0.4) is 0 Å². The number of carbonyl (C=O) groups is 2. The Kier molecular flexibility index (Phi) is 5.18. The van der Waals surface area contributed by atoms with Crippen molar-refractivity contribution in [2.45, 2.75) is 86.5 Å². The number of aromatic carboxylic acids is 1. The van der Waals surface area contributed by atoms with E-state index >= 15 is 0 Å². The van der Waals surface area contributed by atoms with Gasteiger partial charge in [-0.05, 0) is 83.3 Å². The lowest BCUT2D eigenvalue weighted by molar-refractivity contribution is -0.138. The van der Waals surface area contributed by atoms with Crippen LogP contribution in [-0.2, 0) is 11.2 Å². The summed E-state index contributed by atoms with van der Waals surface area (Å²) in [5, 5.41) is 9.24. The maximum Gasteiger partial charge on any atom is 0.338 e. The molecule has 184 valence electrons. The van der Waals surface area contributed by atoms with Gasteiger partial charge in [0.1, 0.15) is 17.8 Å². The average Bonchev–Trinajstić information content (AvgIpc) is 3.33. The van der Waals surface area contributed by atoms with Gasteiger partial charge in [-0.2, -0.15) is 0 Å². The van der Waals surface area contributed by atoms with Gasteiger partial charge in [0, 0.05) is 18.3 Å². The van der Waals surface area contributed by atoms with Gasteiger partial charge >= 0.3 is 5.97 Å². The third-order valence-electron chi connectivity index (χ3n) is 11.2. The quantitative estimate of drug-likeness (QED) is 0.509. The van der Waals surface area contributed by atoms with Crippen LogP contribution in [0.5, 0.6) is 0 Å². The molecule has 0 saturated heterocycles. The van der Waals surface area contributed by atoms with Crippen LogP contribution >= 0.6 is 0 Å². The fourth-order valence-electron chi connectivity index (χ4n) is 8.82. The summed E-state index contributed by atoms with van der Waals surface area (Å²) < 4.78 is 5.61. The Labute approximate surface area is 203 Å². The highest BCUT2D eigenvalue weighted by molar-refractivity contribution is 5.87. The second-order valence-electron chi connectivity index (χ2n) is 13.0. The van der Waals surface area contributed by atoms with Gasteiger partial charge in [0.05, 0.1) is 5.56 Å². The van der Waals surface area contributed by atoms with Crippen LogP contribution in [0.2, 0.25) is 0 Å². The molecule has 1 N–H and O–H groups in total. The second kappa shape index (κ2) is 7.45. The minimum Gasteiger partial charge on any atom is -0.478 e. The summed E-state index contributed by atoms with van der Waals surface area (Å²) in [6.07, 6.45) is 13.3. The summed E-state index contributed by atoms with van der Waals surface area (Å²) >= 11 is 0. The van der Waals surface area contributed by atoms with Crippen molar-refractivity contribution in [3.05, 3.63) is 47.0 Å². The lowest BCUT2D eigenvalue weighted by Crippen LogP contribution is -2.53. The number of hydrogen-bond donors (Lipinski definition) is 1. The molecule has 0 aliphatic heterocycles. The molecular weight excluding hydrogens is 424 g/mol. The molecule has 1 aromatic heterocycles. The summed E-state index contributed by atoms with van der Waals surface area (Å²) in [6, 6.07) is 1.69. The van der Waals surface area contributed by atoms with E-state index in [1.807, 2.05) is 0 Å². The number of allylic oxidation sites excluding steroid dienone is 4. The number of Topliss-reactive ketones (excluding diaryl/α,β-unsaturated/α-hetero) is 1. The summed E-state index contributed by atoms with van der Waals surface area (Å²) in [5.74, 6) is 1.60. The molecule has 1 aromatic rings. The van der Waals surface area contributed by atoms with Crippen molar-refractivity contribution in [3.63, 3.8) is 0 Å². The molecule has 0 bridgehead atoms. The van der Waals surface area contributed by atoms with Crippen LogP contribution in [-0.4, -0.2) is 16.9 Å². The molecule has 4 nitrogen and oxygen atoms in total. The Morgan fingerprint density at radius 1 is 1.15 bits per heavy atom. The number of carboxylic acids is 1. The Morgan fingerprint density at radius 3 is 2.56 bits per heavy atom. The van der Waals surface area contributed by atoms with Crippen LogP contribution in [0.1, 0.15) is 96.2 Å². The molecule has 0 radical (unpaired) electrons. The minimum absolute atomic E-state index is 0.0803. The standard InChI is InChI=1S/C30H40O4/c1-18(15-20-16-19(17-34-20)26(32)33)21-9-13-30(6)23-7-8-24-27(2,3)25(31)11-12-28(24,4)22(23)10-14-29(21,30)5/h7,10,16-18,21,24H,8-9,11-15H2,1-6H3,(H,32,33)/t18-,21-,24+,28-,29-,30+/m1/s1. The Hall–Kier alpha value is -2.10. The van der Waals surface area contributed by atoms with E-state index in [0.29, 0.717) is 30.0 Å². The molecule has 2 saturated carbocycles. The zero-order chi connectivity index (χ0) is 24.7. The molecule has 4 aliphatic carbocycles. The Morgan fingerprint density at radius 2 is 1.88 bits per heavy atom. The summed E-state index contributed by atoms with van der Waals surface area (Å²) in [6.45, 7) is 14.1. The Balaban J connectivity index is 1.46. The van der Waals surface area contributed by atoms with Crippen LogP contribution in [0, 0.1) is 39.4 Å². The highest BCUT2D eigenvalue weighted by Crippen LogP contribution is 2.71. The molecule has 0 spiro atoms. The van der Waals surface area contributed by atoms with Gasteiger partial charge in [-0.15, -0.1) is 0 Å². The van der Waals surface area contributed by atoms with E-state index in [9.17, 15) is 14.7 Å². The van der Waals surface area contributed by atoms with Gasteiger partial charge in [-0.3, -0.25) is 4.79 Å². The van der Waals surface area contributed by atoms with Crippen LogP contribution < -0.4 is 0 Å². The van der Waals surface area contributed by atoms with Crippen molar-refractivity contribution in [2.75, 3.05) is 0 Å². The van der Waals surface area contributed by atoms with Crippen molar-refractivity contribution in [1.82, 2.24) is 0 Å². The van der Waals surface area contributed by atoms with E-state index in [1.165, 1.54) is 24.7 Å². The van der Waals surface area contributed by atoms with Crippen molar-refractivity contribution in [1.29, 1.82) is 0 Å². The van der Waals surface area contributed by atoms with E-state index in [-0.39, 0.29) is 27.2 Å². The van der Waals surface area contributed by atoms with Gasteiger partial charge in [0.2, 0.25) is 0 Å². The first-order valence-electron chi connectivity index (χ1n) is 13.1. The molecule has 0 aromatic carbocycles. The summed E-state index contributed by atoms with van der Waals surface area (Å²) in [5.41, 5.74) is 3.44. The lowest BCUT2D eigenvalue weighted by Gasteiger charge is -2.59. The van der Waals surface area contributed by atoms with Gasteiger partial charge in [0.15, 0.2) is 0 Å². The third kappa shape index (κ3) is 3.02.